The molecule has 1 unspecified atom stereocenters. The lowest BCUT2D eigenvalue weighted by Crippen LogP contribution is -2.31. The number of halogens is 1. The molecule has 0 aliphatic carbocycles. The molecule has 0 radical (unpaired) electrons. The maximum absolute atomic E-state index is 12.0. The molecule has 1 amide bonds. The number of rotatable bonds is 4. The number of hydrogen-bond acceptors (Lipinski definition) is 4. The van der Waals surface area contributed by atoms with Gasteiger partial charge in [-0.25, -0.2) is 4.68 Å². The minimum atomic E-state index is -0.245. The average Bonchev–Trinajstić information content (AvgIpc) is 3.17. The van der Waals surface area contributed by atoms with Crippen LogP contribution in [0.5, 0.6) is 0 Å². The Morgan fingerprint density at radius 3 is 2.95 bits per heavy atom. The SMILES string of the molecule is O=C(NCC1CCCO1)c1cn(-c2ccc(Cl)cc2)nn1. The lowest BCUT2D eigenvalue weighted by atomic mass is 10.2. The van der Waals surface area contributed by atoms with Gasteiger partial charge in [-0.05, 0) is 37.1 Å². The van der Waals surface area contributed by atoms with E-state index in [1.807, 2.05) is 12.1 Å². The van der Waals surface area contributed by atoms with Gasteiger partial charge >= 0.3 is 0 Å². The maximum Gasteiger partial charge on any atom is 0.273 e. The molecule has 21 heavy (non-hydrogen) atoms. The largest absolute Gasteiger partial charge is 0.376 e. The molecule has 110 valence electrons. The van der Waals surface area contributed by atoms with Crippen molar-refractivity contribution in [2.24, 2.45) is 0 Å². The predicted molar refractivity (Wildman–Crippen MR) is 77.7 cm³/mol. The molecule has 0 bridgehead atoms. The molecule has 1 N–H and O–H groups in total. The third-order valence-electron chi connectivity index (χ3n) is 3.33. The average molecular weight is 307 g/mol. The van der Waals surface area contributed by atoms with Crippen LogP contribution in [0.2, 0.25) is 5.02 Å². The fraction of sp³-hybridized carbons (Fsp3) is 0.357. The van der Waals surface area contributed by atoms with Crippen molar-refractivity contribution in [2.45, 2.75) is 18.9 Å². The molecule has 6 nitrogen and oxygen atoms in total. The Morgan fingerprint density at radius 2 is 2.24 bits per heavy atom. The fourth-order valence-corrected chi connectivity index (χ4v) is 2.32. The Kier molecular flexibility index (Phi) is 4.17. The molecule has 2 heterocycles. The van der Waals surface area contributed by atoms with Gasteiger partial charge in [0, 0.05) is 18.2 Å². The third-order valence-corrected chi connectivity index (χ3v) is 3.58. The highest BCUT2D eigenvalue weighted by Crippen LogP contribution is 2.13. The number of amides is 1. The van der Waals surface area contributed by atoms with E-state index in [4.69, 9.17) is 16.3 Å². The summed E-state index contributed by atoms with van der Waals surface area (Å²) in [6.45, 7) is 1.28. The van der Waals surface area contributed by atoms with E-state index in [1.54, 1.807) is 18.3 Å². The molecule has 1 aromatic carbocycles. The Labute approximate surface area is 127 Å². The van der Waals surface area contributed by atoms with E-state index in [1.165, 1.54) is 4.68 Å². The van der Waals surface area contributed by atoms with Crippen molar-refractivity contribution in [3.8, 4) is 5.69 Å². The second-order valence-corrected chi connectivity index (χ2v) is 5.31. The van der Waals surface area contributed by atoms with Crippen LogP contribution in [0.15, 0.2) is 30.5 Å². The van der Waals surface area contributed by atoms with Crippen LogP contribution < -0.4 is 5.32 Å². The first-order chi connectivity index (χ1) is 10.2. The Hall–Kier alpha value is -1.92. The first kappa shape index (κ1) is 14.0. The normalized spacial score (nSPS) is 17.9. The smallest absolute Gasteiger partial charge is 0.273 e. The molecular formula is C14H15ClN4O2. The molecular weight excluding hydrogens is 292 g/mol. The Morgan fingerprint density at radius 1 is 1.43 bits per heavy atom. The minimum Gasteiger partial charge on any atom is -0.376 e. The van der Waals surface area contributed by atoms with E-state index in [-0.39, 0.29) is 17.7 Å². The summed E-state index contributed by atoms with van der Waals surface area (Å²) < 4.78 is 7.00. The fourth-order valence-electron chi connectivity index (χ4n) is 2.19. The maximum atomic E-state index is 12.0. The molecule has 7 heteroatoms. The zero-order valence-corrected chi connectivity index (χ0v) is 12.1. The molecule has 1 aliphatic rings. The van der Waals surface area contributed by atoms with Gasteiger partial charge in [0.2, 0.25) is 0 Å². The third kappa shape index (κ3) is 3.40. The van der Waals surface area contributed by atoms with Gasteiger partial charge in [0.05, 0.1) is 18.0 Å². The Balaban J connectivity index is 1.63. The van der Waals surface area contributed by atoms with Gasteiger partial charge in [-0.15, -0.1) is 5.10 Å². The summed E-state index contributed by atoms with van der Waals surface area (Å²) in [5.41, 5.74) is 1.08. The van der Waals surface area contributed by atoms with Crippen molar-refractivity contribution in [1.29, 1.82) is 0 Å². The van der Waals surface area contributed by atoms with E-state index in [0.29, 0.717) is 11.6 Å². The quantitative estimate of drug-likeness (QED) is 0.935. The van der Waals surface area contributed by atoms with Gasteiger partial charge < -0.3 is 10.1 Å². The molecule has 1 atom stereocenters. The van der Waals surface area contributed by atoms with Crippen LogP contribution in [-0.2, 0) is 4.74 Å². The number of benzene rings is 1. The summed E-state index contributed by atoms with van der Waals surface area (Å²) >= 11 is 5.84. The van der Waals surface area contributed by atoms with Crippen molar-refractivity contribution in [3.05, 3.63) is 41.2 Å². The van der Waals surface area contributed by atoms with Crippen molar-refractivity contribution in [2.75, 3.05) is 13.2 Å². The van der Waals surface area contributed by atoms with Crippen LogP contribution in [0.25, 0.3) is 5.69 Å². The van der Waals surface area contributed by atoms with Gasteiger partial charge in [0.1, 0.15) is 0 Å². The van der Waals surface area contributed by atoms with E-state index >= 15 is 0 Å². The number of aromatic nitrogens is 3. The van der Waals surface area contributed by atoms with Gasteiger partial charge in [0.15, 0.2) is 5.69 Å². The van der Waals surface area contributed by atoms with Crippen molar-refractivity contribution < 1.29 is 9.53 Å². The summed E-state index contributed by atoms with van der Waals surface area (Å²) in [5, 5.41) is 11.3. The summed E-state index contributed by atoms with van der Waals surface area (Å²) in [4.78, 5) is 12.0. The first-order valence-electron chi connectivity index (χ1n) is 6.80. The number of ether oxygens (including phenoxy) is 1. The van der Waals surface area contributed by atoms with Crippen molar-refractivity contribution >= 4 is 17.5 Å². The second kappa shape index (κ2) is 6.24. The zero-order valence-electron chi connectivity index (χ0n) is 11.3. The lowest BCUT2D eigenvalue weighted by molar-refractivity contribution is 0.0853. The second-order valence-electron chi connectivity index (χ2n) is 4.87. The molecule has 1 fully saturated rings. The van der Waals surface area contributed by atoms with Crippen LogP contribution in [0.3, 0.4) is 0 Å². The molecule has 1 aliphatic heterocycles. The summed E-state index contributed by atoms with van der Waals surface area (Å²) in [7, 11) is 0. The zero-order chi connectivity index (χ0) is 14.7. The monoisotopic (exact) mass is 306 g/mol. The van der Waals surface area contributed by atoms with Gasteiger partial charge in [-0.2, -0.15) is 0 Å². The van der Waals surface area contributed by atoms with Gasteiger partial charge in [0.25, 0.3) is 5.91 Å². The van der Waals surface area contributed by atoms with Crippen LogP contribution in [-0.4, -0.2) is 40.2 Å². The van der Waals surface area contributed by atoms with Gasteiger partial charge in [-0.3, -0.25) is 4.79 Å². The predicted octanol–water partition coefficient (Wildman–Crippen LogP) is 1.83. The van der Waals surface area contributed by atoms with Crippen LogP contribution in [0.4, 0.5) is 0 Å². The first-order valence-corrected chi connectivity index (χ1v) is 7.18. The highest BCUT2D eigenvalue weighted by Gasteiger charge is 2.18. The van der Waals surface area contributed by atoms with E-state index in [0.717, 1.165) is 25.1 Å². The van der Waals surface area contributed by atoms with E-state index in [2.05, 4.69) is 15.6 Å². The number of hydrogen-bond donors (Lipinski definition) is 1. The standard InChI is InChI=1S/C14H15ClN4O2/c15-10-3-5-11(6-4-10)19-9-13(17-18-19)14(20)16-8-12-2-1-7-21-12/h3-6,9,12H,1-2,7-8H2,(H,16,20). The van der Waals surface area contributed by atoms with Crippen LogP contribution in [0.1, 0.15) is 23.3 Å². The molecule has 1 saturated heterocycles. The molecule has 1 aromatic heterocycles. The lowest BCUT2D eigenvalue weighted by Gasteiger charge is -2.09. The van der Waals surface area contributed by atoms with Crippen LogP contribution in [0, 0.1) is 0 Å². The molecule has 0 saturated carbocycles. The summed E-state index contributed by atoms with van der Waals surface area (Å²) in [6, 6.07) is 7.14. The number of nitrogens with one attached hydrogen (secondary N) is 1. The Bertz CT molecular complexity index is 620. The highest BCUT2D eigenvalue weighted by molar-refractivity contribution is 6.30. The van der Waals surface area contributed by atoms with E-state index < -0.39 is 0 Å². The van der Waals surface area contributed by atoms with Crippen molar-refractivity contribution in [1.82, 2.24) is 20.3 Å². The topological polar surface area (TPSA) is 69.0 Å². The van der Waals surface area contributed by atoms with Gasteiger partial charge in [-0.1, -0.05) is 16.8 Å². The van der Waals surface area contributed by atoms with E-state index in [9.17, 15) is 4.79 Å². The number of carbonyl (C=O) groups excluding carboxylic acids is 1. The molecule has 3 rings (SSSR count). The summed E-state index contributed by atoms with van der Waals surface area (Å²) in [6.07, 6.45) is 3.74. The molecule has 2 aromatic rings. The number of nitrogens with zero attached hydrogens (tertiary/aromatic N) is 3. The number of carbonyl (C=O) groups is 1. The van der Waals surface area contributed by atoms with Crippen molar-refractivity contribution in [3.63, 3.8) is 0 Å². The summed E-state index contributed by atoms with van der Waals surface area (Å²) in [5.74, 6) is -0.245. The van der Waals surface area contributed by atoms with Crippen LogP contribution >= 0.6 is 11.6 Å². The molecule has 0 spiro atoms. The highest BCUT2D eigenvalue weighted by atomic mass is 35.5. The minimum absolute atomic E-state index is 0.111.